The zero-order chi connectivity index (χ0) is 7.98. The Morgan fingerprint density at radius 3 is 2.30 bits per heavy atom. The van der Waals surface area contributed by atoms with Crippen LogP contribution in [0, 0.1) is 6.92 Å². The summed E-state index contributed by atoms with van der Waals surface area (Å²) in [4.78, 5) is 0. The Labute approximate surface area is 62.2 Å². The topological polar surface area (TPSA) is 26.0 Å². The lowest BCUT2D eigenvalue weighted by molar-refractivity contribution is 0.383. The van der Waals surface area contributed by atoms with Gasteiger partial charge in [0.25, 0.3) is 0 Å². The fraction of sp³-hybridized carbons (Fsp3) is 0.625. The van der Waals surface area contributed by atoms with Crippen LogP contribution in [-0.4, -0.2) is 5.16 Å². The third-order valence-electron chi connectivity index (χ3n) is 1.03. The molecule has 0 radical (unpaired) electrons. The molecule has 0 fully saturated rings. The molecule has 0 spiro atoms. The number of nitrogens with zero attached hydrogens (tertiary/aromatic N) is 1. The molecule has 10 heavy (non-hydrogen) atoms. The van der Waals surface area contributed by atoms with Crippen LogP contribution in [0.5, 0.6) is 0 Å². The molecule has 0 saturated carbocycles. The standard InChI is InChI=1S/C6H9NO.C2H6/c1-3-6-4-5(2)7-8-6;1-2/h4H,3H2,1-2H3;1-2H3. The van der Waals surface area contributed by atoms with E-state index in [0.717, 1.165) is 17.9 Å². The summed E-state index contributed by atoms with van der Waals surface area (Å²) in [6.07, 6.45) is 0.931. The Kier molecular flexibility index (Phi) is 4.63. The first-order valence-corrected chi connectivity index (χ1v) is 3.75. The first kappa shape index (κ1) is 9.21. The van der Waals surface area contributed by atoms with Crippen molar-refractivity contribution in [1.29, 1.82) is 0 Å². The predicted molar refractivity (Wildman–Crippen MR) is 42.0 cm³/mol. The maximum absolute atomic E-state index is 4.86. The van der Waals surface area contributed by atoms with E-state index in [2.05, 4.69) is 5.16 Å². The summed E-state index contributed by atoms with van der Waals surface area (Å²) >= 11 is 0. The van der Waals surface area contributed by atoms with Gasteiger partial charge in [0.2, 0.25) is 0 Å². The first-order chi connectivity index (χ1) is 4.83. The molecular weight excluding hydrogens is 126 g/mol. The molecule has 0 unspecified atom stereocenters. The monoisotopic (exact) mass is 141 g/mol. The summed E-state index contributed by atoms with van der Waals surface area (Å²) in [5.74, 6) is 0.961. The highest BCUT2D eigenvalue weighted by atomic mass is 16.5. The second-order valence-corrected chi connectivity index (χ2v) is 1.79. The average molecular weight is 141 g/mol. The SMILES string of the molecule is CC.CCc1cc(C)no1. The highest BCUT2D eigenvalue weighted by Gasteiger charge is 1.93. The predicted octanol–water partition coefficient (Wildman–Crippen LogP) is 2.57. The van der Waals surface area contributed by atoms with Gasteiger partial charge in [-0.1, -0.05) is 25.9 Å². The van der Waals surface area contributed by atoms with Gasteiger partial charge < -0.3 is 4.52 Å². The van der Waals surface area contributed by atoms with Crippen molar-refractivity contribution in [2.45, 2.75) is 34.1 Å². The van der Waals surface area contributed by atoms with Crippen molar-refractivity contribution in [1.82, 2.24) is 5.16 Å². The molecule has 1 heterocycles. The molecule has 0 bridgehead atoms. The molecule has 0 aliphatic rings. The van der Waals surface area contributed by atoms with E-state index in [4.69, 9.17) is 4.52 Å². The minimum atomic E-state index is 0.931. The minimum absolute atomic E-state index is 0.931. The van der Waals surface area contributed by atoms with E-state index in [9.17, 15) is 0 Å². The summed E-state index contributed by atoms with van der Waals surface area (Å²) < 4.78 is 4.86. The van der Waals surface area contributed by atoms with Gasteiger partial charge in [-0.3, -0.25) is 0 Å². The highest BCUT2D eigenvalue weighted by molar-refractivity contribution is 5.01. The van der Waals surface area contributed by atoms with Crippen LogP contribution in [0.25, 0.3) is 0 Å². The molecule has 0 aliphatic carbocycles. The second kappa shape index (κ2) is 5.03. The largest absolute Gasteiger partial charge is 0.361 e. The van der Waals surface area contributed by atoms with Crippen molar-refractivity contribution in [2.75, 3.05) is 0 Å². The number of hydrogen-bond donors (Lipinski definition) is 0. The third-order valence-corrected chi connectivity index (χ3v) is 1.03. The smallest absolute Gasteiger partial charge is 0.136 e. The molecule has 0 saturated heterocycles. The van der Waals surface area contributed by atoms with Gasteiger partial charge in [-0.15, -0.1) is 0 Å². The molecule has 2 heteroatoms. The van der Waals surface area contributed by atoms with Gasteiger partial charge in [0.05, 0.1) is 5.69 Å². The average Bonchev–Trinajstić information content (AvgIpc) is 2.40. The zero-order valence-electron chi connectivity index (χ0n) is 7.14. The van der Waals surface area contributed by atoms with E-state index in [-0.39, 0.29) is 0 Å². The Morgan fingerprint density at radius 1 is 1.50 bits per heavy atom. The van der Waals surface area contributed by atoms with Crippen molar-refractivity contribution in [3.05, 3.63) is 17.5 Å². The first-order valence-electron chi connectivity index (χ1n) is 3.75. The van der Waals surface area contributed by atoms with Crippen molar-refractivity contribution in [3.8, 4) is 0 Å². The molecule has 1 rings (SSSR count). The van der Waals surface area contributed by atoms with Crippen LogP contribution in [0.1, 0.15) is 32.2 Å². The lowest BCUT2D eigenvalue weighted by Crippen LogP contribution is -1.67. The van der Waals surface area contributed by atoms with Crippen LogP contribution in [0.3, 0.4) is 0 Å². The van der Waals surface area contributed by atoms with E-state index in [1.165, 1.54) is 0 Å². The quantitative estimate of drug-likeness (QED) is 0.600. The van der Waals surface area contributed by atoms with Gasteiger partial charge in [-0.05, 0) is 6.92 Å². The van der Waals surface area contributed by atoms with Crippen LogP contribution in [0.4, 0.5) is 0 Å². The summed E-state index contributed by atoms with van der Waals surface area (Å²) in [6.45, 7) is 7.96. The van der Waals surface area contributed by atoms with E-state index in [0.29, 0.717) is 0 Å². The van der Waals surface area contributed by atoms with Crippen molar-refractivity contribution in [3.63, 3.8) is 0 Å². The van der Waals surface area contributed by atoms with Gasteiger partial charge in [0.1, 0.15) is 5.76 Å². The lowest BCUT2D eigenvalue weighted by atomic mass is 10.3. The molecule has 1 aromatic heterocycles. The normalized spacial score (nSPS) is 8.40. The molecule has 0 aliphatic heterocycles. The summed E-state index contributed by atoms with van der Waals surface area (Å²) in [5.41, 5.74) is 0.960. The van der Waals surface area contributed by atoms with E-state index in [1.54, 1.807) is 0 Å². The van der Waals surface area contributed by atoms with Crippen LogP contribution in [0.15, 0.2) is 10.6 Å². The molecule has 2 nitrogen and oxygen atoms in total. The van der Waals surface area contributed by atoms with E-state index in [1.807, 2.05) is 33.8 Å². The third kappa shape index (κ3) is 2.67. The van der Waals surface area contributed by atoms with Crippen molar-refractivity contribution < 1.29 is 4.52 Å². The molecule has 0 amide bonds. The molecule has 0 N–H and O–H groups in total. The fourth-order valence-corrected chi connectivity index (χ4v) is 0.583. The fourth-order valence-electron chi connectivity index (χ4n) is 0.583. The zero-order valence-corrected chi connectivity index (χ0v) is 7.14. The van der Waals surface area contributed by atoms with Crippen LogP contribution in [-0.2, 0) is 6.42 Å². The molecule has 1 aromatic rings. The van der Waals surface area contributed by atoms with Crippen molar-refractivity contribution in [2.24, 2.45) is 0 Å². The van der Waals surface area contributed by atoms with Crippen LogP contribution >= 0.6 is 0 Å². The Morgan fingerprint density at radius 2 is 2.10 bits per heavy atom. The lowest BCUT2D eigenvalue weighted by Gasteiger charge is -1.76. The van der Waals surface area contributed by atoms with Crippen molar-refractivity contribution >= 4 is 0 Å². The van der Waals surface area contributed by atoms with E-state index >= 15 is 0 Å². The molecule has 0 atom stereocenters. The maximum atomic E-state index is 4.86. The number of aromatic nitrogens is 1. The molecule has 58 valence electrons. The maximum Gasteiger partial charge on any atom is 0.136 e. The highest BCUT2D eigenvalue weighted by Crippen LogP contribution is 2.00. The number of hydrogen-bond acceptors (Lipinski definition) is 2. The Hall–Kier alpha value is -0.790. The summed E-state index contributed by atoms with van der Waals surface area (Å²) in [5, 5.41) is 3.71. The van der Waals surface area contributed by atoms with E-state index < -0.39 is 0 Å². The van der Waals surface area contributed by atoms with Crippen LogP contribution in [0.2, 0.25) is 0 Å². The summed E-state index contributed by atoms with van der Waals surface area (Å²) in [7, 11) is 0. The van der Waals surface area contributed by atoms with Gasteiger partial charge in [-0.25, -0.2) is 0 Å². The van der Waals surface area contributed by atoms with Gasteiger partial charge in [-0.2, -0.15) is 0 Å². The number of aryl methyl sites for hydroxylation is 2. The number of rotatable bonds is 1. The van der Waals surface area contributed by atoms with Gasteiger partial charge in [0.15, 0.2) is 0 Å². The molecule has 0 aromatic carbocycles. The minimum Gasteiger partial charge on any atom is -0.361 e. The Balaban J connectivity index is 0.000000371. The van der Waals surface area contributed by atoms with Gasteiger partial charge in [0, 0.05) is 12.5 Å². The molecular formula is C8H15NO. The summed E-state index contributed by atoms with van der Waals surface area (Å²) in [6, 6.07) is 1.94. The van der Waals surface area contributed by atoms with Crippen LogP contribution < -0.4 is 0 Å². The second-order valence-electron chi connectivity index (χ2n) is 1.79. The van der Waals surface area contributed by atoms with Gasteiger partial charge >= 0.3 is 0 Å². The Bertz CT molecular complexity index is 170.